The van der Waals surface area contributed by atoms with Crippen molar-refractivity contribution in [1.29, 1.82) is 10.8 Å². The number of guanidine groups is 2. The molecule has 0 aliphatic rings. The van der Waals surface area contributed by atoms with E-state index in [0.29, 0.717) is 0 Å². The number of aliphatic hydroxyl groups excluding tert-OH is 1. The van der Waals surface area contributed by atoms with Gasteiger partial charge in [-0.2, -0.15) is 0 Å². The van der Waals surface area contributed by atoms with Gasteiger partial charge in [0.15, 0.2) is 11.9 Å². The first-order chi connectivity index (χ1) is 28.0. The van der Waals surface area contributed by atoms with Crippen LogP contribution in [0, 0.1) is 16.7 Å². The lowest BCUT2D eigenvalue weighted by Gasteiger charge is -2.27. The number of hydrogen-bond acceptors (Lipinski definition) is 14. The Morgan fingerprint density at radius 2 is 1.05 bits per heavy atom. The van der Waals surface area contributed by atoms with Crippen molar-refractivity contribution in [3.63, 3.8) is 0 Å². The van der Waals surface area contributed by atoms with Gasteiger partial charge in [-0.1, -0.05) is 13.8 Å². The number of nitrogens with one attached hydrogen (secondary N) is 10. The molecule has 0 radical (unpaired) electrons. The zero-order chi connectivity index (χ0) is 46.1. The average Bonchev–Trinajstić information content (AvgIpc) is 3.15. The van der Waals surface area contributed by atoms with Crippen molar-refractivity contribution in [3.8, 4) is 0 Å². The molecule has 0 unspecified atom stereocenters. The monoisotopic (exact) mass is 858 g/mol. The average molecular weight is 859 g/mol. The number of carboxylic acid groups (broad SMARTS) is 1. The second-order valence-corrected chi connectivity index (χ2v) is 14.0. The van der Waals surface area contributed by atoms with Gasteiger partial charge in [-0.25, -0.2) is 4.79 Å². The van der Waals surface area contributed by atoms with Crippen molar-refractivity contribution in [1.82, 2.24) is 42.5 Å². The molecule has 0 bridgehead atoms. The second kappa shape index (κ2) is 28.2. The molecule has 0 fully saturated rings. The van der Waals surface area contributed by atoms with Crippen LogP contribution >= 0.6 is 0 Å². The molecule has 0 spiro atoms. The Bertz CT molecular complexity index is 1530. The zero-order valence-corrected chi connectivity index (χ0v) is 34.2. The van der Waals surface area contributed by atoms with Crippen LogP contribution in [-0.2, 0) is 47.9 Å². The minimum atomic E-state index is -1.63. The molecule has 7 atom stereocenters. The molecule has 7 amide bonds. The molecule has 0 aromatic rings. The van der Waals surface area contributed by atoms with Gasteiger partial charge in [0, 0.05) is 19.5 Å². The van der Waals surface area contributed by atoms with Crippen LogP contribution in [0.25, 0.3) is 0 Å². The van der Waals surface area contributed by atoms with E-state index in [1.165, 1.54) is 6.92 Å². The number of aliphatic carboxylic acids is 1. The number of primary amides is 1. The molecule has 0 aromatic heterocycles. The summed E-state index contributed by atoms with van der Waals surface area (Å²) >= 11 is 0. The summed E-state index contributed by atoms with van der Waals surface area (Å²) in [6.07, 6.45) is -1.04. The van der Waals surface area contributed by atoms with Gasteiger partial charge in [0.25, 0.3) is 0 Å². The van der Waals surface area contributed by atoms with Crippen molar-refractivity contribution in [2.24, 2.45) is 28.9 Å². The number of esters is 1. The standard InChI is InChI=1S/C34H62N14O12/c1-16(2)13-22(30(57)45-20(9-10-24(36)50)29(56)46-21(32(59)60-4)8-6-12-42-34(39)40)47-28(55)19(7-5-11-41-33(37)38)44-26(53)17(3)43-31(58)23(15-49)48-27(54)18(35)14-25(51)52/h16-23,49H,5-15,35H2,1-4H3,(H2,36,50)(H,43,58)(H,44,53)(H,45,57)(H,46,56)(H,47,55)(H,48,54)(H,51,52)(H4,37,38,41)(H4,39,40,42)/t17-,18-,19-,20-,21-,22-,23-/m0/s1. The Labute approximate surface area is 346 Å². The minimum absolute atomic E-state index is 0.0130. The molecular formula is C34H62N14O12. The maximum Gasteiger partial charge on any atom is 0.328 e. The summed E-state index contributed by atoms with van der Waals surface area (Å²) < 4.78 is 4.79. The smallest absolute Gasteiger partial charge is 0.328 e. The van der Waals surface area contributed by atoms with E-state index in [2.05, 4.69) is 42.5 Å². The maximum atomic E-state index is 13.8. The van der Waals surface area contributed by atoms with Crippen molar-refractivity contribution in [2.45, 2.75) is 114 Å². The molecule has 0 saturated heterocycles. The topological polar surface area (TPSA) is 451 Å². The number of rotatable bonds is 29. The molecule has 0 heterocycles. The Hall–Kier alpha value is -6.31. The molecule has 0 aliphatic heterocycles. The fraction of sp³-hybridized carbons (Fsp3) is 0.676. The minimum Gasteiger partial charge on any atom is -0.481 e. The third-order valence-electron chi connectivity index (χ3n) is 8.36. The highest BCUT2D eigenvalue weighted by Gasteiger charge is 2.33. The predicted octanol–water partition coefficient (Wildman–Crippen LogP) is -6.28. The van der Waals surface area contributed by atoms with Crippen LogP contribution in [0.4, 0.5) is 0 Å². The Morgan fingerprint density at radius 1 is 0.617 bits per heavy atom. The molecule has 340 valence electrons. The van der Waals surface area contributed by atoms with E-state index in [-0.39, 0.29) is 75.9 Å². The van der Waals surface area contributed by atoms with Gasteiger partial charge < -0.3 is 80.4 Å². The van der Waals surface area contributed by atoms with Crippen LogP contribution < -0.4 is 65.5 Å². The molecule has 20 N–H and O–H groups in total. The first kappa shape index (κ1) is 53.7. The predicted molar refractivity (Wildman–Crippen MR) is 213 cm³/mol. The van der Waals surface area contributed by atoms with Crippen LogP contribution in [-0.4, -0.2) is 145 Å². The van der Waals surface area contributed by atoms with Crippen LogP contribution in [0.15, 0.2) is 0 Å². The van der Waals surface area contributed by atoms with Crippen molar-refractivity contribution in [3.05, 3.63) is 0 Å². The molecule has 0 aliphatic carbocycles. The lowest BCUT2D eigenvalue weighted by Crippen LogP contribution is -2.60. The van der Waals surface area contributed by atoms with E-state index in [9.17, 15) is 48.3 Å². The van der Waals surface area contributed by atoms with Gasteiger partial charge in [0.1, 0.15) is 36.3 Å². The largest absolute Gasteiger partial charge is 0.481 e. The molecule has 0 aromatic carbocycles. The number of methoxy groups -OCH3 is 1. The number of carbonyl (C=O) groups excluding carboxylic acids is 8. The van der Waals surface area contributed by atoms with Gasteiger partial charge in [-0.05, 0) is 51.4 Å². The van der Waals surface area contributed by atoms with Gasteiger partial charge in [0.2, 0.25) is 41.4 Å². The first-order valence-corrected chi connectivity index (χ1v) is 18.9. The summed E-state index contributed by atoms with van der Waals surface area (Å²) in [5, 5.41) is 52.7. The number of hydrogen-bond donors (Lipinski definition) is 16. The van der Waals surface area contributed by atoms with Crippen LogP contribution in [0.3, 0.4) is 0 Å². The van der Waals surface area contributed by atoms with E-state index >= 15 is 0 Å². The molecular weight excluding hydrogens is 796 g/mol. The highest BCUT2D eigenvalue weighted by molar-refractivity contribution is 5.97. The van der Waals surface area contributed by atoms with Crippen LogP contribution in [0.2, 0.25) is 0 Å². The summed E-state index contributed by atoms with van der Waals surface area (Å²) in [6, 6.07) is -9.89. The van der Waals surface area contributed by atoms with E-state index < -0.39 is 109 Å². The molecule has 0 rings (SSSR count). The maximum absolute atomic E-state index is 13.8. The van der Waals surface area contributed by atoms with E-state index in [1.807, 2.05) is 0 Å². The Morgan fingerprint density at radius 3 is 1.52 bits per heavy atom. The number of carbonyl (C=O) groups is 9. The highest BCUT2D eigenvalue weighted by atomic mass is 16.5. The Balaban J connectivity index is 6.22. The normalized spacial score (nSPS) is 14.2. The van der Waals surface area contributed by atoms with Crippen molar-refractivity contribution >= 4 is 65.2 Å². The number of ether oxygens (including phenoxy) is 1. The SMILES string of the molecule is COC(=O)[C@H](CCCNC(=N)N)NC(=O)[C@H](CCC(N)=O)NC(=O)[C@H](CC(C)C)NC(=O)[C@H](CCCNC(=N)N)NC(=O)[C@H](C)NC(=O)[C@H](CO)NC(=O)[C@@H](N)CC(=O)O. The molecule has 26 nitrogen and oxygen atoms in total. The number of aliphatic hydroxyl groups is 1. The number of carboxylic acids is 1. The third kappa shape index (κ3) is 22.6. The lowest BCUT2D eigenvalue weighted by molar-refractivity contribution is -0.145. The quantitative estimate of drug-likeness (QED) is 0.0144. The molecule has 0 saturated carbocycles. The second-order valence-electron chi connectivity index (χ2n) is 14.0. The summed E-state index contributed by atoms with van der Waals surface area (Å²) in [6.45, 7) is 4.04. The highest BCUT2D eigenvalue weighted by Crippen LogP contribution is 2.10. The van der Waals surface area contributed by atoms with Crippen LogP contribution in [0.1, 0.15) is 72.1 Å². The van der Waals surface area contributed by atoms with Gasteiger partial charge in [-0.3, -0.25) is 49.2 Å². The summed E-state index contributed by atoms with van der Waals surface area (Å²) in [7, 11) is 1.10. The zero-order valence-electron chi connectivity index (χ0n) is 34.2. The number of amides is 7. The molecule has 60 heavy (non-hydrogen) atoms. The summed E-state index contributed by atoms with van der Waals surface area (Å²) in [5.41, 5.74) is 21.4. The summed E-state index contributed by atoms with van der Waals surface area (Å²) in [4.78, 5) is 114. The van der Waals surface area contributed by atoms with Crippen molar-refractivity contribution in [2.75, 3.05) is 26.8 Å². The fourth-order valence-electron chi connectivity index (χ4n) is 5.22. The van der Waals surface area contributed by atoms with E-state index in [4.69, 9.17) is 43.6 Å². The van der Waals surface area contributed by atoms with Crippen molar-refractivity contribution < 1.29 is 58.1 Å². The first-order valence-electron chi connectivity index (χ1n) is 18.9. The Kier molecular flexibility index (Phi) is 25.2. The third-order valence-corrected chi connectivity index (χ3v) is 8.36. The van der Waals surface area contributed by atoms with Gasteiger partial charge in [-0.15, -0.1) is 0 Å². The van der Waals surface area contributed by atoms with Crippen LogP contribution in [0.5, 0.6) is 0 Å². The van der Waals surface area contributed by atoms with Gasteiger partial charge in [0.05, 0.1) is 26.2 Å². The number of nitrogens with two attached hydrogens (primary N) is 4. The molecule has 26 heteroatoms. The fourth-order valence-corrected chi connectivity index (χ4v) is 5.22. The lowest BCUT2D eigenvalue weighted by atomic mass is 10.0. The van der Waals surface area contributed by atoms with E-state index in [0.717, 1.165) is 7.11 Å². The van der Waals surface area contributed by atoms with E-state index in [1.54, 1.807) is 13.8 Å². The van der Waals surface area contributed by atoms with Gasteiger partial charge >= 0.3 is 11.9 Å². The summed E-state index contributed by atoms with van der Waals surface area (Å²) in [5.74, 6) is -9.53.